The van der Waals surface area contributed by atoms with Crippen molar-refractivity contribution in [3.8, 4) is 0 Å². The van der Waals surface area contributed by atoms with Gasteiger partial charge in [-0.2, -0.15) is 0 Å². The monoisotopic (exact) mass is 349 g/mol. The fourth-order valence-electron chi connectivity index (χ4n) is 1.21. The summed E-state index contributed by atoms with van der Waals surface area (Å²) in [6, 6.07) is 0. The first kappa shape index (κ1) is 16.0. The second-order valence-electron chi connectivity index (χ2n) is 3.23. The van der Waals surface area contributed by atoms with E-state index < -0.39 is 0 Å². The summed E-state index contributed by atoms with van der Waals surface area (Å²) < 4.78 is 2.00. The average Bonchev–Trinajstić information content (AvgIpc) is 2.79. The predicted octanol–water partition coefficient (Wildman–Crippen LogP) is 1.24. The van der Waals surface area contributed by atoms with Gasteiger partial charge >= 0.3 is 0 Å². The lowest BCUT2D eigenvalue weighted by atomic mass is 10.6. The number of nitrogens with one attached hydrogen (secondary N) is 2. The highest BCUT2D eigenvalue weighted by atomic mass is 127. The van der Waals surface area contributed by atoms with E-state index in [1.54, 1.807) is 12.5 Å². The minimum absolute atomic E-state index is 0. The number of rotatable bonds is 6. The van der Waals surface area contributed by atoms with Crippen LogP contribution in [-0.4, -0.2) is 35.1 Å². The van der Waals surface area contributed by atoms with Crippen molar-refractivity contribution in [3.05, 3.63) is 31.4 Å². The maximum absolute atomic E-state index is 4.42. The molecule has 0 radical (unpaired) electrons. The molecule has 1 rings (SSSR count). The zero-order valence-electron chi connectivity index (χ0n) is 10.1. The fourth-order valence-corrected chi connectivity index (χ4v) is 1.21. The molecule has 0 bridgehead atoms. The largest absolute Gasteiger partial charge is 0.357 e. The van der Waals surface area contributed by atoms with Gasteiger partial charge in [-0.3, -0.25) is 4.99 Å². The molecule has 0 aliphatic heterocycles. The molecule has 96 valence electrons. The van der Waals surface area contributed by atoms with E-state index in [4.69, 9.17) is 0 Å². The van der Waals surface area contributed by atoms with E-state index in [0.29, 0.717) is 0 Å². The molecule has 5 nitrogen and oxygen atoms in total. The molecule has 0 aliphatic carbocycles. The van der Waals surface area contributed by atoms with Gasteiger partial charge in [0.25, 0.3) is 0 Å². The third-order valence-electron chi connectivity index (χ3n) is 1.95. The zero-order chi connectivity index (χ0) is 11.6. The number of aromatic nitrogens is 2. The Balaban J connectivity index is 0.00000256. The summed E-state index contributed by atoms with van der Waals surface area (Å²) in [5.74, 6) is 0.822. The van der Waals surface area contributed by atoms with Crippen molar-refractivity contribution >= 4 is 29.9 Å². The van der Waals surface area contributed by atoms with Crippen LogP contribution in [0.5, 0.6) is 0 Å². The van der Waals surface area contributed by atoms with E-state index in [0.717, 1.165) is 32.1 Å². The van der Waals surface area contributed by atoms with Crippen LogP contribution in [0.25, 0.3) is 0 Å². The van der Waals surface area contributed by atoms with Crippen LogP contribution in [0.2, 0.25) is 0 Å². The average molecular weight is 349 g/mol. The first-order valence-corrected chi connectivity index (χ1v) is 5.45. The second-order valence-corrected chi connectivity index (χ2v) is 3.23. The number of halogens is 1. The normalized spacial score (nSPS) is 10.5. The molecule has 0 aliphatic rings. The molecule has 1 aromatic heterocycles. The third kappa shape index (κ3) is 6.98. The molecule has 0 unspecified atom stereocenters. The molecule has 1 aromatic rings. The molecule has 0 spiro atoms. The molecule has 2 N–H and O–H groups in total. The molecule has 0 saturated carbocycles. The second kappa shape index (κ2) is 10.1. The summed E-state index contributed by atoms with van der Waals surface area (Å²) in [4.78, 5) is 8.40. The highest BCUT2D eigenvalue weighted by Crippen LogP contribution is 1.86. The quantitative estimate of drug-likeness (QED) is 0.352. The van der Waals surface area contributed by atoms with Gasteiger partial charge in [0, 0.05) is 32.0 Å². The summed E-state index contributed by atoms with van der Waals surface area (Å²) >= 11 is 0. The van der Waals surface area contributed by atoms with Gasteiger partial charge in [0.15, 0.2) is 5.96 Å². The summed E-state index contributed by atoms with van der Waals surface area (Å²) in [5.41, 5.74) is 0. The van der Waals surface area contributed by atoms with Gasteiger partial charge in [-0.1, -0.05) is 6.08 Å². The molecule has 0 amide bonds. The Morgan fingerprint density at radius 3 is 2.94 bits per heavy atom. The molecular weight excluding hydrogens is 329 g/mol. The van der Waals surface area contributed by atoms with Crippen LogP contribution in [0.1, 0.15) is 6.92 Å². The highest BCUT2D eigenvalue weighted by molar-refractivity contribution is 14.0. The van der Waals surface area contributed by atoms with Crippen LogP contribution in [0.4, 0.5) is 0 Å². The minimum atomic E-state index is 0. The van der Waals surface area contributed by atoms with E-state index in [2.05, 4.69) is 27.2 Å². The van der Waals surface area contributed by atoms with E-state index in [1.807, 2.05) is 23.8 Å². The van der Waals surface area contributed by atoms with E-state index >= 15 is 0 Å². The Kier molecular flexibility index (Phi) is 9.50. The Morgan fingerprint density at radius 1 is 1.53 bits per heavy atom. The van der Waals surface area contributed by atoms with Crippen LogP contribution in [-0.2, 0) is 6.54 Å². The standard InChI is InChI=1S/C11H19N5.HI/c1-3-5-14-11(13-4-2)15-7-9-16-8-6-12-10-16;/h3,6,8,10H,1,4-5,7,9H2,2H3,(H2,13,14,15);1H. The number of aliphatic imine (C=N–C) groups is 1. The Morgan fingerprint density at radius 2 is 2.35 bits per heavy atom. The van der Waals surface area contributed by atoms with E-state index in [1.165, 1.54) is 0 Å². The Labute approximate surface area is 119 Å². The molecule has 17 heavy (non-hydrogen) atoms. The molecule has 0 atom stereocenters. The first-order chi connectivity index (χ1) is 7.86. The van der Waals surface area contributed by atoms with Crippen LogP contribution in [0, 0.1) is 0 Å². The van der Waals surface area contributed by atoms with Crippen LogP contribution >= 0.6 is 24.0 Å². The number of imidazole rings is 1. The van der Waals surface area contributed by atoms with Gasteiger partial charge in [0.05, 0.1) is 12.9 Å². The molecule has 0 saturated heterocycles. The molecule has 6 heteroatoms. The maximum atomic E-state index is 4.42. The van der Waals surface area contributed by atoms with Crippen LogP contribution in [0.3, 0.4) is 0 Å². The number of hydrogen-bond acceptors (Lipinski definition) is 2. The van der Waals surface area contributed by atoms with Crippen molar-refractivity contribution in [2.75, 3.05) is 19.6 Å². The van der Waals surface area contributed by atoms with Gasteiger partial charge in [-0.05, 0) is 6.92 Å². The third-order valence-corrected chi connectivity index (χ3v) is 1.95. The van der Waals surface area contributed by atoms with Crippen molar-refractivity contribution in [2.45, 2.75) is 13.5 Å². The van der Waals surface area contributed by atoms with Gasteiger partial charge < -0.3 is 15.2 Å². The summed E-state index contributed by atoms with van der Waals surface area (Å²) in [5, 5.41) is 6.31. The van der Waals surface area contributed by atoms with Crippen LogP contribution < -0.4 is 10.6 Å². The lowest BCUT2D eigenvalue weighted by Gasteiger charge is -2.09. The summed E-state index contributed by atoms with van der Waals surface area (Å²) in [6.07, 6.45) is 7.30. The Bertz CT molecular complexity index is 321. The van der Waals surface area contributed by atoms with Crippen molar-refractivity contribution < 1.29 is 0 Å². The van der Waals surface area contributed by atoms with Gasteiger partial charge in [-0.25, -0.2) is 4.98 Å². The fraction of sp³-hybridized carbons (Fsp3) is 0.455. The van der Waals surface area contributed by atoms with Crippen molar-refractivity contribution in [2.24, 2.45) is 4.99 Å². The van der Waals surface area contributed by atoms with E-state index in [9.17, 15) is 0 Å². The van der Waals surface area contributed by atoms with Crippen molar-refractivity contribution in [3.63, 3.8) is 0 Å². The maximum Gasteiger partial charge on any atom is 0.191 e. The number of hydrogen-bond donors (Lipinski definition) is 2. The smallest absolute Gasteiger partial charge is 0.191 e. The SMILES string of the molecule is C=CCNC(=NCCn1ccnc1)NCC.I. The Hall–Kier alpha value is -1.05. The summed E-state index contributed by atoms with van der Waals surface area (Å²) in [7, 11) is 0. The van der Waals surface area contributed by atoms with Crippen molar-refractivity contribution in [1.29, 1.82) is 0 Å². The lowest BCUT2D eigenvalue weighted by molar-refractivity contribution is 0.701. The van der Waals surface area contributed by atoms with Gasteiger partial charge in [0.2, 0.25) is 0 Å². The molecular formula is C11H20IN5. The number of nitrogens with zero attached hydrogens (tertiary/aromatic N) is 3. The number of guanidine groups is 1. The van der Waals surface area contributed by atoms with Gasteiger partial charge in [-0.15, -0.1) is 30.6 Å². The summed E-state index contributed by atoms with van der Waals surface area (Å²) in [6.45, 7) is 8.84. The molecule has 1 heterocycles. The highest BCUT2D eigenvalue weighted by Gasteiger charge is 1.94. The predicted molar refractivity (Wildman–Crippen MR) is 81.8 cm³/mol. The molecule has 0 fully saturated rings. The van der Waals surface area contributed by atoms with Gasteiger partial charge in [0.1, 0.15) is 0 Å². The van der Waals surface area contributed by atoms with E-state index in [-0.39, 0.29) is 24.0 Å². The van der Waals surface area contributed by atoms with Crippen LogP contribution in [0.15, 0.2) is 36.4 Å². The lowest BCUT2D eigenvalue weighted by Crippen LogP contribution is -2.37. The van der Waals surface area contributed by atoms with Crippen molar-refractivity contribution in [1.82, 2.24) is 20.2 Å². The minimum Gasteiger partial charge on any atom is -0.357 e. The topological polar surface area (TPSA) is 54.2 Å². The zero-order valence-corrected chi connectivity index (χ0v) is 12.4. The first-order valence-electron chi connectivity index (χ1n) is 5.45. The molecule has 0 aromatic carbocycles.